The Balaban J connectivity index is 2.05. The fourth-order valence-corrected chi connectivity index (χ4v) is 2.94. The molecule has 10 heteroatoms. The van der Waals surface area contributed by atoms with Crippen LogP contribution in [0.3, 0.4) is 0 Å². The Labute approximate surface area is 156 Å². The Hall–Kier alpha value is -2.88. The zero-order valence-corrected chi connectivity index (χ0v) is 14.8. The van der Waals surface area contributed by atoms with E-state index in [1.165, 1.54) is 37.4 Å². The zero-order chi connectivity index (χ0) is 20.0. The van der Waals surface area contributed by atoms with Gasteiger partial charge in [0.15, 0.2) is 0 Å². The minimum atomic E-state index is -5.05. The lowest BCUT2D eigenvalue weighted by molar-refractivity contribution is -0.174. The minimum absolute atomic E-state index is 0.282. The van der Waals surface area contributed by atoms with Crippen LogP contribution < -0.4 is 10.6 Å². The van der Waals surface area contributed by atoms with Crippen LogP contribution >= 0.6 is 11.3 Å². The van der Waals surface area contributed by atoms with E-state index in [0.717, 1.165) is 11.3 Å². The second-order valence-corrected chi connectivity index (χ2v) is 6.34. The Morgan fingerprint density at radius 1 is 1.15 bits per heavy atom. The molecule has 1 heterocycles. The van der Waals surface area contributed by atoms with Crippen molar-refractivity contribution in [2.24, 2.45) is 0 Å². The summed E-state index contributed by atoms with van der Waals surface area (Å²) < 4.78 is 42.1. The highest BCUT2D eigenvalue weighted by atomic mass is 32.1. The van der Waals surface area contributed by atoms with E-state index in [9.17, 15) is 27.6 Å². The molecule has 1 atom stereocenters. The number of nitrogens with one attached hydrogen (secondary N) is 2. The summed E-state index contributed by atoms with van der Waals surface area (Å²) in [5.41, 5.74) is 0.629. The highest BCUT2D eigenvalue weighted by Crippen LogP contribution is 2.25. The molecule has 2 amide bonds. The Bertz CT molecular complexity index is 805. The van der Waals surface area contributed by atoms with Gasteiger partial charge in [-0.25, -0.2) is 4.79 Å². The largest absolute Gasteiger partial charge is 0.471 e. The number of alkyl halides is 3. The van der Waals surface area contributed by atoms with Gasteiger partial charge in [-0.05, 0) is 35.7 Å². The summed E-state index contributed by atoms with van der Waals surface area (Å²) >= 11 is 1.13. The van der Waals surface area contributed by atoms with E-state index in [1.54, 1.807) is 11.4 Å². The fourth-order valence-electron chi connectivity index (χ4n) is 2.16. The average molecular weight is 400 g/mol. The van der Waals surface area contributed by atoms with Crippen molar-refractivity contribution in [1.29, 1.82) is 0 Å². The molecule has 0 saturated heterocycles. The summed E-state index contributed by atoms with van der Waals surface area (Å²) in [6.45, 7) is 0. The van der Waals surface area contributed by atoms with Crippen molar-refractivity contribution in [3.05, 3.63) is 52.2 Å². The third-order valence-electron chi connectivity index (χ3n) is 3.43. The predicted octanol–water partition coefficient (Wildman–Crippen LogP) is 3.28. The molecule has 0 spiro atoms. The van der Waals surface area contributed by atoms with E-state index in [0.29, 0.717) is 10.6 Å². The minimum Gasteiger partial charge on any atom is -0.465 e. The van der Waals surface area contributed by atoms with E-state index >= 15 is 0 Å². The SMILES string of the molecule is COC(=O)c1ccc(NC(=O)C[C@@H](NC(=O)C(F)(F)F)c2cccs2)cc1. The molecule has 0 aliphatic heterocycles. The van der Waals surface area contributed by atoms with Crippen LogP contribution in [0.4, 0.5) is 18.9 Å². The van der Waals surface area contributed by atoms with Crippen molar-refractivity contribution in [2.75, 3.05) is 12.4 Å². The monoisotopic (exact) mass is 400 g/mol. The molecule has 0 aliphatic carbocycles. The van der Waals surface area contributed by atoms with Gasteiger partial charge in [0.2, 0.25) is 5.91 Å². The van der Waals surface area contributed by atoms with Crippen molar-refractivity contribution < 1.29 is 32.3 Å². The van der Waals surface area contributed by atoms with Crippen LogP contribution in [0.2, 0.25) is 0 Å². The Kier molecular flexibility index (Phi) is 6.56. The van der Waals surface area contributed by atoms with Crippen LogP contribution in [-0.2, 0) is 14.3 Å². The Morgan fingerprint density at radius 2 is 1.81 bits per heavy atom. The number of hydrogen-bond donors (Lipinski definition) is 2. The molecule has 0 radical (unpaired) electrons. The number of halogens is 3. The average Bonchev–Trinajstić information content (AvgIpc) is 3.14. The van der Waals surface area contributed by atoms with Crippen molar-refractivity contribution in [2.45, 2.75) is 18.6 Å². The van der Waals surface area contributed by atoms with Gasteiger partial charge in [-0.15, -0.1) is 11.3 Å². The lowest BCUT2D eigenvalue weighted by Crippen LogP contribution is -2.40. The quantitative estimate of drug-likeness (QED) is 0.729. The number of hydrogen-bond acceptors (Lipinski definition) is 5. The standard InChI is InChI=1S/C17H15F3N2O4S/c1-26-15(24)10-4-6-11(7-5-10)21-14(23)9-12(13-3-2-8-27-13)22-16(25)17(18,19)20/h2-8,12H,9H2,1H3,(H,21,23)(H,22,25)/t12-/m1/s1. The second-order valence-electron chi connectivity index (χ2n) is 5.36. The normalized spacial score (nSPS) is 12.1. The molecule has 0 bridgehead atoms. The van der Waals surface area contributed by atoms with Gasteiger partial charge in [-0.1, -0.05) is 6.07 Å². The number of anilines is 1. The first-order valence-electron chi connectivity index (χ1n) is 7.60. The van der Waals surface area contributed by atoms with Crippen LogP contribution in [0.25, 0.3) is 0 Å². The number of benzene rings is 1. The first-order valence-corrected chi connectivity index (χ1v) is 8.48. The number of carbonyl (C=O) groups is 3. The third kappa shape index (κ3) is 5.81. The van der Waals surface area contributed by atoms with Crippen molar-refractivity contribution in [1.82, 2.24) is 5.32 Å². The number of esters is 1. The third-order valence-corrected chi connectivity index (χ3v) is 4.41. The van der Waals surface area contributed by atoms with Crippen LogP contribution in [0.5, 0.6) is 0 Å². The molecule has 2 rings (SSSR count). The van der Waals surface area contributed by atoms with Gasteiger partial charge >= 0.3 is 18.1 Å². The molecule has 6 nitrogen and oxygen atoms in total. The topological polar surface area (TPSA) is 84.5 Å². The van der Waals surface area contributed by atoms with Gasteiger partial charge in [-0.2, -0.15) is 13.2 Å². The number of rotatable bonds is 6. The molecule has 1 aromatic carbocycles. The smallest absolute Gasteiger partial charge is 0.465 e. The number of thiophene rings is 1. The molecule has 27 heavy (non-hydrogen) atoms. The van der Waals surface area contributed by atoms with Gasteiger partial charge in [0.25, 0.3) is 0 Å². The van der Waals surface area contributed by atoms with Crippen molar-refractivity contribution in [3.63, 3.8) is 0 Å². The highest BCUT2D eigenvalue weighted by molar-refractivity contribution is 7.10. The van der Waals surface area contributed by atoms with Gasteiger partial charge in [0, 0.05) is 10.6 Å². The van der Waals surface area contributed by atoms with Crippen molar-refractivity contribution in [3.8, 4) is 0 Å². The van der Waals surface area contributed by atoms with Crippen LogP contribution in [0.15, 0.2) is 41.8 Å². The van der Waals surface area contributed by atoms with Gasteiger partial charge in [-0.3, -0.25) is 9.59 Å². The van der Waals surface area contributed by atoms with Crippen LogP contribution in [-0.4, -0.2) is 31.1 Å². The molecule has 1 aromatic heterocycles. The fraction of sp³-hybridized carbons (Fsp3) is 0.235. The molecule has 144 valence electrons. The Morgan fingerprint density at radius 3 is 2.33 bits per heavy atom. The molecule has 0 unspecified atom stereocenters. The van der Waals surface area contributed by atoms with Gasteiger partial charge in [0.1, 0.15) is 0 Å². The van der Waals surface area contributed by atoms with Crippen LogP contribution in [0.1, 0.15) is 27.7 Å². The molecule has 2 N–H and O–H groups in total. The maximum Gasteiger partial charge on any atom is 0.471 e. The first-order chi connectivity index (χ1) is 12.7. The van der Waals surface area contributed by atoms with E-state index in [1.807, 2.05) is 5.32 Å². The molecule has 0 fully saturated rings. The maximum atomic E-state index is 12.5. The second kappa shape index (κ2) is 8.67. The summed E-state index contributed by atoms with van der Waals surface area (Å²) in [7, 11) is 1.23. The maximum absolute atomic E-state index is 12.5. The summed E-state index contributed by atoms with van der Waals surface area (Å²) in [5.74, 6) is -3.25. The van der Waals surface area contributed by atoms with Crippen LogP contribution in [0, 0.1) is 0 Å². The summed E-state index contributed by atoms with van der Waals surface area (Å²) in [6.07, 6.45) is -5.43. The summed E-state index contributed by atoms with van der Waals surface area (Å²) in [6, 6.07) is 7.80. The number of amides is 2. The number of ether oxygens (including phenoxy) is 1. The van der Waals surface area contributed by atoms with Gasteiger partial charge < -0.3 is 15.4 Å². The molecular formula is C17H15F3N2O4S. The predicted molar refractivity (Wildman–Crippen MR) is 92.3 cm³/mol. The number of methoxy groups -OCH3 is 1. The van der Waals surface area contributed by atoms with E-state index < -0.39 is 30.0 Å². The molecule has 0 saturated carbocycles. The van der Waals surface area contributed by atoms with Gasteiger partial charge in [0.05, 0.1) is 25.1 Å². The highest BCUT2D eigenvalue weighted by Gasteiger charge is 2.40. The number of carbonyl (C=O) groups excluding carboxylic acids is 3. The van der Waals surface area contributed by atoms with E-state index in [2.05, 4.69) is 10.1 Å². The summed E-state index contributed by atoms with van der Waals surface area (Å²) in [5, 5.41) is 5.97. The van der Waals surface area contributed by atoms with E-state index in [-0.39, 0.29) is 12.0 Å². The lowest BCUT2D eigenvalue weighted by Gasteiger charge is -2.18. The molecule has 0 aliphatic rings. The first kappa shape index (κ1) is 20.4. The molecule has 2 aromatic rings. The van der Waals surface area contributed by atoms with Crippen molar-refractivity contribution >= 4 is 34.8 Å². The summed E-state index contributed by atoms with van der Waals surface area (Å²) in [4.78, 5) is 35.2. The zero-order valence-electron chi connectivity index (χ0n) is 14.0. The van der Waals surface area contributed by atoms with E-state index in [4.69, 9.17) is 0 Å². The molecular weight excluding hydrogens is 385 g/mol. The lowest BCUT2D eigenvalue weighted by atomic mass is 10.1.